The molecule has 5 rings (SSSR count). The number of pyridine rings is 1. The van der Waals surface area contributed by atoms with E-state index in [9.17, 15) is 4.79 Å². The number of aromatic nitrogens is 5. The van der Waals surface area contributed by atoms with Crippen LogP contribution in [0.5, 0.6) is 0 Å². The maximum atomic E-state index is 12.4. The van der Waals surface area contributed by atoms with E-state index in [0.29, 0.717) is 23.3 Å². The summed E-state index contributed by atoms with van der Waals surface area (Å²) >= 11 is 1.40. The van der Waals surface area contributed by atoms with Crippen LogP contribution < -0.4 is 5.32 Å². The number of fused-ring (bicyclic) bond motifs is 1. The van der Waals surface area contributed by atoms with E-state index in [4.69, 9.17) is 4.52 Å². The second-order valence-corrected chi connectivity index (χ2v) is 7.86. The molecule has 2 N–H and O–H groups in total. The van der Waals surface area contributed by atoms with Gasteiger partial charge >= 0.3 is 0 Å². The summed E-state index contributed by atoms with van der Waals surface area (Å²) in [4.78, 5) is 28.7. The number of aromatic amines is 1. The van der Waals surface area contributed by atoms with Crippen molar-refractivity contribution >= 4 is 33.3 Å². The van der Waals surface area contributed by atoms with E-state index >= 15 is 0 Å². The Hall–Kier alpha value is -3.85. The molecule has 9 heteroatoms. The van der Waals surface area contributed by atoms with Crippen LogP contribution in [0.4, 0.5) is 5.13 Å². The number of hydrogen-bond acceptors (Lipinski definition) is 7. The van der Waals surface area contributed by atoms with Crippen molar-refractivity contribution in [3.05, 3.63) is 65.8 Å². The van der Waals surface area contributed by atoms with E-state index in [2.05, 4.69) is 36.5 Å². The second kappa shape index (κ2) is 8.11. The molecule has 0 saturated carbocycles. The number of rotatable bonds is 6. The summed E-state index contributed by atoms with van der Waals surface area (Å²) in [6, 6.07) is 11.7. The normalized spacial score (nSPS) is 11.1. The third kappa shape index (κ3) is 3.95. The Morgan fingerprint density at radius 1 is 1.16 bits per heavy atom. The highest BCUT2D eigenvalue weighted by Gasteiger charge is 2.15. The lowest BCUT2D eigenvalue weighted by Crippen LogP contribution is -2.12. The van der Waals surface area contributed by atoms with Crippen LogP contribution in [0, 0.1) is 6.92 Å². The highest BCUT2D eigenvalue weighted by Crippen LogP contribution is 2.33. The van der Waals surface area contributed by atoms with Crippen molar-refractivity contribution in [2.24, 2.45) is 0 Å². The SMILES string of the molecule is Cc1[nH]c2ccccc2c1-c1csc(NC(=O)CCc2nc(-c3ccncc3)no2)n1. The fraction of sp³-hybridized carbons (Fsp3) is 0.136. The average molecular weight is 430 g/mol. The van der Waals surface area contributed by atoms with Crippen LogP contribution in [0.2, 0.25) is 0 Å². The molecule has 0 aliphatic heterocycles. The van der Waals surface area contributed by atoms with Gasteiger partial charge in [0.15, 0.2) is 5.13 Å². The first-order chi connectivity index (χ1) is 15.2. The number of anilines is 1. The molecule has 5 aromatic rings. The van der Waals surface area contributed by atoms with Gasteiger partial charge in [0.2, 0.25) is 17.6 Å². The van der Waals surface area contributed by atoms with E-state index < -0.39 is 0 Å². The quantitative estimate of drug-likeness (QED) is 0.407. The predicted molar refractivity (Wildman–Crippen MR) is 119 cm³/mol. The Labute approximate surface area is 181 Å². The topological polar surface area (TPSA) is 110 Å². The smallest absolute Gasteiger partial charge is 0.227 e. The maximum Gasteiger partial charge on any atom is 0.227 e. The Morgan fingerprint density at radius 2 is 2.00 bits per heavy atom. The molecule has 4 aromatic heterocycles. The largest absolute Gasteiger partial charge is 0.358 e. The van der Waals surface area contributed by atoms with Crippen molar-refractivity contribution < 1.29 is 9.32 Å². The van der Waals surface area contributed by atoms with Crippen LogP contribution in [0.15, 0.2) is 58.7 Å². The molecular weight excluding hydrogens is 412 g/mol. The predicted octanol–water partition coefficient (Wildman–Crippen LogP) is 4.62. The molecule has 0 unspecified atom stereocenters. The van der Waals surface area contributed by atoms with E-state index in [1.165, 1.54) is 11.3 Å². The first-order valence-electron chi connectivity index (χ1n) is 9.73. The summed E-state index contributed by atoms with van der Waals surface area (Å²) in [5.74, 6) is 0.743. The van der Waals surface area contributed by atoms with E-state index in [1.807, 2.05) is 30.5 Å². The van der Waals surface area contributed by atoms with Crippen LogP contribution in [0.25, 0.3) is 33.5 Å². The van der Waals surface area contributed by atoms with Gasteiger partial charge in [-0.1, -0.05) is 23.4 Å². The lowest BCUT2D eigenvalue weighted by molar-refractivity contribution is -0.116. The van der Waals surface area contributed by atoms with Crippen molar-refractivity contribution in [3.63, 3.8) is 0 Å². The fourth-order valence-electron chi connectivity index (χ4n) is 3.43. The number of carbonyl (C=O) groups is 1. The van der Waals surface area contributed by atoms with Crippen molar-refractivity contribution in [2.75, 3.05) is 5.32 Å². The molecule has 1 aromatic carbocycles. The first-order valence-corrected chi connectivity index (χ1v) is 10.6. The fourth-order valence-corrected chi connectivity index (χ4v) is 4.15. The van der Waals surface area contributed by atoms with Gasteiger partial charge < -0.3 is 14.8 Å². The van der Waals surface area contributed by atoms with Crippen LogP contribution in [-0.2, 0) is 11.2 Å². The molecule has 0 spiro atoms. The van der Waals surface area contributed by atoms with Gasteiger partial charge in [-0.05, 0) is 25.1 Å². The standard InChI is InChI=1S/C22H18N6O2S/c1-13-20(15-4-2-3-5-16(15)24-13)17-12-31-22(25-17)26-18(29)6-7-19-27-21(28-30-19)14-8-10-23-11-9-14/h2-5,8-12,24H,6-7H2,1H3,(H,25,26,29). The average Bonchev–Trinajstić information content (AvgIpc) is 3.51. The zero-order valence-electron chi connectivity index (χ0n) is 16.6. The van der Waals surface area contributed by atoms with Gasteiger partial charge in [-0.25, -0.2) is 4.98 Å². The summed E-state index contributed by atoms with van der Waals surface area (Å²) in [7, 11) is 0. The van der Waals surface area contributed by atoms with Crippen molar-refractivity contribution in [1.82, 2.24) is 25.1 Å². The van der Waals surface area contributed by atoms with Gasteiger partial charge in [-0.15, -0.1) is 11.3 Å². The van der Waals surface area contributed by atoms with Crippen molar-refractivity contribution in [3.8, 4) is 22.6 Å². The summed E-state index contributed by atoms with van der Waals surface area (Å²) in [5.41, 5.74) is 4.83. The van der Waals surface area contributed by atoms with E-state index in [0.717, 1.165) is 33.4 Å². The van der Waals surface area contributed by atoms with Crippen molar-refractivity contribution in [1.29, 1.82) is 0 Å². The minimum Gasteiger partial charge on any atom is -0.358 e. The third-order valence-corrected chi connectivity index (χ3v) is 5.63. The Morgan fingerprint density at radius 3 is 2.87 bits per heavy atom. The lowest BCUT2D eigenvalue weighted by atomic mass is 10.1. The van der Waals surface area contributed by atoms with E-state index in [-0.39, 0.29) is 12.3 Å². The number of benzene rings is 1. The van der Waals surface area contributed by atoms with Crippen LogP contribution in [0.1, 0.15) is 18.0 Å². The van der Waals surface area contributed by atoms with Crippen LogP contribution in [-0.4, -0.2) is 31.0 Å². The zero-order valence-corrected chi connectivity index (χ0v) is 17.4. The van der Waals surface area contributed by atoms with Gasteiger partial charge in [-0.3, -0.25) is 9.78 Å². The molecule has 0 aliphatic rings. The molecule has 1 amide bonds. The first kappa shape index (κ1) is 19.1. The Bertz CT molecular complexity index is 1350. The monoisotopic (exact) mass is 430 g/mol. The molecule has 4 heterocycles. The molecule has 31 heavy (non-hydrogen) atoms. The van der Waals surface area contributed by atoms with Gasteiger partial charge in [0.05, 0.1) is 5.69 Å². The molecule has 0 bridgehead atoms. The number of hydrogen-bond donors (Lipinski definition) is 2. The summed E-state index contributed by atoms with van der Waals surface area (Å²) < 4.78 is 5.25. The summed E-state index contributed by atoms with van der Waals surface area (Å²) in [5, 5.41) is 10.4. The third-order valence-electron chi connectivity index (χ3n) is 4.87. The van der Waals surface area contributed by atoms with Gasteiger partial charge in [0.1, 0.15) is 0 Å². The van der Waals surface area contributed by atoms with Gasteiger partial charge in [0, 0.05) is 58.3 Å². The van der Waals surface area contributed by atoms with Crippen LogP contribution in [0.3, 0.4) is 0 Å². The number of carbonyl (C=O) groups excluding carboxylic acids is 1. The Balaban J connectivity index is 1.23. The molecule has 0 radical (unpaired) electrons. The second-order valence-electron chi connectivity index (χ2n) is 7.00. The van der Waals surface area contributed by atoms with Gasteiger partial charge in [0.25, 0.3) is 0 Å². The maximum absolute atomic E-state index is 12.4. The zero-order chi connectivity index (χ0) is 21.2. The number of aryl methyl sites for hydroxylation is 2. The summed E-state index contributed by atoms with van der Waals surface area (Å²) in [6.07, 6.45) is 3.90. The van der Waals surface area contributed by atoms with Crippen LogP contribution >= 0.6 is 11.3 Å². The molecule has 0 saturated heterocycles. The lowest BCUT2D eigenvalue weighted by Gasteiger charge is -2.00. The molecule has 0 aliphatic carbocycles. The molecule has 8 nitrogen and oxygen atoms in total. The van der Waals surface area contributed by atoms with Gasteiger partial charge in [-0.2, -0.15) is 4.98 Å². The van der Waals surface area contributed by atoms with Crippen molar-refractivity contribution in [2.45, 2.75) is 19.8 Å². The summed E-state index contributed by atoms with van der Waals surface area (Å²) in [6.45, 7) is 2.03. The molecule has 154 valence electrons. The minimum atomic E-state index is -0.153. The number of nitrogens with zero attached hydrogens (tertiary/aromatic N) is 4. The molecule has 0 fully saturated rings. The number of thiazole rings is 1. The number of para-hydroxylation sites is 1. The van der Waals surface area contributed by atoms with E-state index in [1.54, 1.807) is 24.5 Å². The molecule has 0 atom stereocenters. The number of H-pyrrole nitrogens is 1. The number of nitrogens with one attached hydrogen (secondary N) is 2. The minimum absolute atomic E-state index is 0.153. The molecular formula is C22H18N6O2S. The highest BCUT2D eigenvalue weighted by molar-refractivity contribution is 7.14. The highest BCUT2D eigenvalue weighted by atomic mass is 32.1. The Kier molecular flexibility index (Phi) is 5.01. The number of amides is 1.